The molecule has 0 amide bonds. The van der Waals surface area contributed by atoms with E-state index in [-0.39, 0.29) is 10.6 Å². The highest BCUT2D eigenvalue weighted by molar-refractivity contribution is 5.40. The van der Waals surface area contributed by atoms with Crippen LogP contribution in [0.3, 0.4) is 0 Å². The van der Waals surface area contributed by atoms with Gasteiger partial charge in [0.2, 0.25) is 5.82 Å². The van der Waals surface area contributed by atoms with Gasteiger partial charge >= 0.3 is 0 Å². The number of aromatic nitrogens is 1. The third-order valence-electron chi connectivity index (χ3n) is 2.77. The molecular formula is C18H27N3O2. The minimum Gasteiger partial charge on any atom is -0.364 e. The van der Waals surface area contributed by atoms with Crippen LogP contribution in [0.2, 0.25) is 0 Å². The Morgan fingerprint density at radius 2 is 1.57 bits per heavy atom. The van der Waals surface area contributed by atoms with Gasteiger partial charge in [-0.2, -0.15) is 0 Å². The van der Waals surface area contributed by atoms with Crippen LogP contribution in [0, 0.1) is 30.5 Å². The Kier molecular flexibility index (Phi) is 12.9. The summed E-state index contributed by atoms with van der Waals surface area (Å²) in [5, 5.41) is 10.2. The molecule has 2 aromatic rings. The first-order valence-electron chi connectivity index (χ1n) is 7.67. The van der Waals surface area contributed by atoms with Gasteiger partial charge in [-0.05, 0) is 26.0 Å². The van der Waals surface area contributed by atoms with Crippen LogP contribution in [0.1, 0.15) is 39.0 Å². The van der Waals surface area contributed by atoms with Gasteiger partial charge in [0.1, 0.15) is 0 Å². The van der Waals surface area contributed by atoms with Gasteiger partial charge < -0.3 is 9.41 Å². The van der Waals surface area contributed by atoms with Crippen LogP contribution >= 0.6 is 0 Å². The highest BCUT2D eigenvalue weighted by Gasteiger charge is 2.06. The molecule has 0 aliphatic heterocycles. The summed E-state index contributed by atoms with van der Waals surface area (Å²) >= 11 is 0. The van der Waals surface area contributed by atoms with E-state index >= 15 is 0 Å². The minimum atomic E-state index is -0.380. The molecule has 0 saturated carbocycles. The molecule has 0 spiro atoms. The number of hydrogen-bond donors (Lipinski definition) is 0. The zero-order chi connectivity index (χ0) is 18.4. The third kappa shape index (κ3) is 7.82. The van der Waals surface area contributed by atoms with E-state index in [9.17, 15) is 10.1 Å². The van der Waals surface area contributed by atoms with E-state index in [0.29, 0.717) is 11.4 Å². The van der Waals surface area contributed by atoms with Crippen molar-refractivity contribution < 1.29 is 4.92 Å². The van der Waals surface area contributed by atoms with Gasteiger partial charge in [-0.15, -0.1) is 0 Å². The van der Waals surface area contributed by atoms with E-state index in [2.05, 4.69) is 4.85 Å². The first kappa shape index (κ1) is 22.7. The van der Waals surface area contributed by atoms with Crippen molar-refractivity contribution in [3.05, 3.63) is 69.2 Å². The van der Waals surface area contributed by atoms with E-state index in [4.69, 9.17) is 6.57 Å². The van der Waals surface area contributed by atoms with E-state index in [1.54, 1.807) is 25.1 Å². The Balaban J connectivity index is 0. The van der Waals surface area contributed by atoms with Gasteiger partial charge in [0, 0.05) is 11.6 Å². The van der Waals surface area contributed by atoms with Crippen LogP contribution in [0.15, 0.2) is 36.4 Å². The van der Waals surface area contributed by atoms with E-state index in [1.807, 2.05) is 58.4 Å². The van der Waals surface area contributed by atoms with Gasteiger partial charge in [-0.3, -0.25) is 10.1 Å². The van der Waals surface area contributed by atoms with Crippen molar-refractivity contribution >= 4 is 11.5 Å². The lowest BCUT2D eigenvalue weighted by molar-refractivity contribution is -0.385. The molecule has 0 radical (unpaired) electrons. The molecule has 126 valence electrons. The van der Waals surface area contributed by atoms with E-state index in [1.165, 1.54) is 6.07 Å². The van der Waals surface area contributed by atoms with Crippen LogP contribution in [0.4, 0.5) is 11.5 Å². The molecule has 0 bridgehead atoms. The van der Waals surface area contributed by atoms with Crippen molar-refractivity contribution in [1.29, 1.82) is 0 Å². The summed E-state index contributed by atoms with van der Waals surface area (Å²) in [4.78, 5) is 13.2. The summed E-state index contributed by atoms with van der Waals surface area (Å²) in [6, 6.07) is 10.4. The Labute approximate surface area is 139 Å². The summed E-state index contributed by atoms with van der Waals surface area (Å²) in [5.74, 6) is 0.701. The second kappa shape index (κ2) is 13.1. The molecule has 1 aromatic carbocycles. The molecule has 0 aliphatic carbocycles. The summed E-state index contributed by atoms with van der Waals surface area (Å²) < 4.78 is 1.87. The Hall–Kier alpha value is -2.61. The van der Waals surface area contributed by atoms with Crippen molar-refractivity contribution in [2.75, 3.05) is 0 Å². The second-order valence-corrected chi connectivity index (χ2v) is 4.05. The largest absolute Gasteiger partial charge is 0.364 e. The SMILES string of the molecule is CC.CC.Cc1ccccc1[N+](=O)[O-].[C-]#[N+]c1ccc(C)n1C. The number of para-hydroxylation sites is 1. The molecule has 5 nitrogen and oxygen atoms in total. The highest BCUT2D eigenvalue weighted by Crippen LogP contribution is 2.15. The number of nitrogens with zero attached hydrogens (tertiary/aromatic N) is 3. The number of nitro benzene ring substituents is 1. The molecule has 0 saturated heterocycles. The summed E-state index contributed by atoms with van der Waals surface area (Å²) in [5.41, 5.74) is 2.01. The first-order chi connectivity index (χ1) is 11.0. The number of nitro groups is 1. The van der Waals surface area contributed by atoms with E-state index < -0.39 is 0 Å². The maximum absolute atomic E-state index is 10.2. The topological polar surface area (TPSA) is 52.4 Å². The molecule has 0 N–H and O–H groups in total. The molecule has 1 aromatic heterocycles. The van der Waals surface area contributed by atoms with Gasteiger partial charge in [-0.25, -0.2) is 0 Å². The average molecular weight is 317 g/mol. The van der Waals surface area contributed by atoms with E-state index in [0.717, 1.165) is 5.69 Å². The monoisotopic (exact) mass is 317 g/mol. The maximum atomic E-state index is 10.2. The van der Waals surface area contributed by atoms with Crippen molar-refractivity contribution in [2.45, 2.75) is 41.5 Å². The maximum Gasteiger partial charge on any atom is 0.272 e. The fourth-order valence-electron chi connectivity index (χ4n) is 1.48. The molecule has 1 heterocycles. The zero-order valence-electron chi connectivity index (χ0n) is 15.1. The van der Waals surface area contributed by atoms with Crippen LogP contribution in [-0.2, 0) is 7.05 Å². The minimum absolute atomic E-state index is 0.183. The smallest absolute Gasteiger partial charge is 0.272 e. The molecule has 0 atom stereocenters. The normalized spacial score (nSPS) is 8.09. The summed E-state index contributed by atoms with van der Waals surface area (Å²) in [6.45, 7) is 18.4. The first-order valence-corrected chi connectivity index (χ1v) is 7.67. The molecule has 0 fully saturated rings. The standard InChI is InChI=1S/C7H8N2.C7H7NO2.2C2H6/c1-6-4-5-7(8-2)9(6)3;1-6-4-2-3-5-7(6)8(9)10;2*1-2/h4-5H,1,3H3;2-5H,1H3;2*1-2H3. The Morgan fingerprint density at radius 1 is 1.04 bits per heavy atom. The van der Waals surface area contributed by atoms with Crippen molar-refractivity contribution in [3.8, 4) is 0 Å². The van der Waals surface area contributed by atoms with Gasteiger partial charge in [0.15, 0.2) is 0 Å². The second-order valence-electron chi connectivity index (χ2n) is 4.05. The molecule has 0 aliphatic rings. The van der Waals surface area contributed by atoms with Gasteiger partial charge in [-0.1, -0.05) is 52.5 Å². The summed E-state index contributed by atoms with van der Waals surface area (Å²) in [7, 11) is 1.89. The lowest BCUT2D eigenvalue weighted by Gasteiger charge is -1.92. The van der Waals surface area contributed by atoms with Crippen molar-refractivity contribution in [3.63, 3.8) is 0 Å². The average Bonchev–Trinajstić information content (AvgIpc) is 2.91. The van der Waals surface area contributed by atoms with Gasteiger partial charge in [0.25, 0.3) is 5.69 Å². The Morgan fingerprint density at radius 3 is 1.83 bits per heavy atom. The fraction of sp³-hybridized carbons (Fsp3) is 0.389. The molecule has 5 heteroatoms. The zero-order valence-corrected chi connectivity index (χ0v) is 15.1. The number of rotatable bonds is 1. The lowest BCUT2D eigenvalue weighted by atomic mass is 10.2. The predicted molar refractivity (Wildman–Crippen MR) is 96.9 cm³/mol. The third-order valence-corrected chi connectivity index (χ3v) is 2.77. The van der Waals surface area contributed by atoms with Crippen LogP contribution in [0.25, 0.3) is 4.85 Å². The fourth-order valence-corrected chi connectivity index (χ4v) is 1.48. The molecule has 23 heavy (non-hydrogen) atoms. The predicted octanol–water partition coefficient (Wildman–Crippen LogP) is 5.84. The van der Waals surface area contributed by atoms with Crippen LogP contribution in [0.5, 0.6) is 0 Å². The van der Waals surface area contributed by atoms with Crippen molar-refractivity contribution in [1.82, 2.24) is 4.57 Å². The molecular weight excluding hydrogens is 290 g/mol. The number of benzene rings is 1. The lowest BCUT2D eigenvalue weighted by Crippen LogP contribution is -1.89. The molecule has 2 rings (SSSR count). The van der Waals surface area contributed by atoms with Crippen molar-refractivity contribution in [2.24, 2.45) is 7.05 Å². The highest BCUT2D eigenvalue weighted by atomic mass is 16.6. The summed E-state index contributed by atoms with van der Waals surface area (Å²) in [6.07, 6.45) is 0. The number of hydrogen-bond acceptors (Lipinski definition) is 2. The Bertz CT molecular complexity index is 625. The van der Waals surface area contributed by atoms with Gasteiger partial charge in [0.05, 0.1) is 17.7 Å². The van der Waals surface area contributed by atoms with Crippen LogP contribution in [-0.4, -0.2) is 9.49 Å². The number of aryl methyl sites for hydroxylation is 2. The van der Waals surface area contributed by atoms with Crippen LogP contribution < -0.4 is 0 Å². The molecule has 0 unspecified atom stereocenters. The quantitative estimate of drug-likeness (QED) is 0.377.